The summed E-state index contributed by atoms with van der Waals surface area (Å²) >= 11 is 3.39. The maximum atomic E-state index is 11.7. The third-order valence-corrected chi connectivity index (χ3v) is 4.12. The molecule has 0 bridgehead atoms. The number of hydrogen-bond acceptors (Lipinski definition) is 3. The highest BCUT2D eigenvalue weighted by Crippen LogP contribution is 2.16. The van der Waals surface area contributed by atoms with Crippen molar-refractivity contribution in [2.45, 2.75) is 38.1 Å². The number of carbonyl (C=O) groups excluding carboxylic acids is 1. The molecule has 1 aromatic carbocycles. The SMILES string of the molecule is O=C(CCCCOc1ccc(Br)cc1)NCC1CCCN1. The van der Waals surface area contributed by atoms with Crippen LogP contribution in [0.4, 0.5) is 0 Å². The largest absolute Gasteiger partial charge is 0.494 e. The molecule has 1 atom stereocenters. The number of nitrogens with one attached hydrogen (secondary N) is 2. The maximum absolute atomic E-state index is 11.7. The molecule has 116 valence electrons. The van der Waals surface area contributed by atoms with E-state index in [2.05, 4.69) is 26.6 Å². The second kappa shape index (κ2) is 9.05. The molecule has 1 heterocycles. The van der Waals surface area contributed by atoms with Gasteiger partial charge in [0.25, 0.3) is 0 Å². The van der Waals surface area contributed by atoms with Gasteiger partial charge in [0.05, 0.1) is 6.61 Å². The summed E-state index contributed by atoms with van der Waals surface area (Å²) in [6, 6.07) is 8.26. The quantitative estimate of drug-likeness (QED) is 0.705. The fraction of sp³-hybridized carbons (Fsp3) is 0.562. The van der Waals surface area contributed by atoms with Gasteiger partial charge in [-0.2, -0.15) is 0 Å². The monoisotopic (exact) mass is 354 g/mol. The smallest absolute Gasteiger partial charge is 0.220 e. The Morgan fingerprint density at radius 2 is 2.14 bits per heavy atom. The van der Waals surface area contributed by atoms with Crippen LogP contribution in [0.15, 0.2) is 28.7 Å². The van der Waals surface area contributed by atoms with Crippen molar-refractivity contribution in [3.8, 4) is 5.75 Å². The average molecular weight is 355 g/mol. The summed E-state index contributed by atoms with van der Waals surface area (Å²) in [6.07, 6.45) is 4.72. The molecule has 5 heteroatoms. The lowest BCUT2D eigenvalue weighted by atomic mass is 10.2. The maximum Gasteiger partial charge on any atom is 0.220 e. The van der Waals surface area contributed by atoms with Crippen LogP contribution in [0.3, 0.4) is 0 Å². The van der Waals surface area contributed by atoms with E-state index in [1.807, 2.05) is 24.3 Å². The van der Waals surface area contributed by atoms with Crippen molar-refractivity contribution in [2.75, 3.05) is 19.7 Å². The minimum Gasteiger partial charge on any atom is -0.494 e. The van der Waals surface area contributed by atoms with Gasteiger partial charge in [-0.15, -0.1) is 0 Å². The van der Waals surface area contributed by atoms with Crippen LogP contribution in [0.1, 0.15) is 32.1 Å². The molecule has 0 saturated carbocycles. The zero-order valence-electron chi connectivity index (χ0n) is 12.2. The molecule has 0 radical (unpaired) electrons. The van der Waals surface area contributed by atoms with E-state index >= 15 is 0 Å². The molecule has 21 heavy (non-hydrogen) atoms. The number of rotatable bonds is 8. The van der Waals surface area contributed by atoms with Gasteiger partial charge in [0.15, 0.2) is 0 Å². The number of ether oxygens (including phenoxy) is 1. The van der Waals surface area contributed by atoms with Gasteiger partial charge < -0.3 is 15.4 Å². The van der Waals surface area contributed by atoms with Crippen LogP contribution in [-0.4, -0.2) is 31.6 Å². The molecule has 0 aromatic heterocycles. The van der Waals surface area contributed by atoms with Gasteiger partial charge in [0.1, 0.15) is 5.75 Å². The van der Waals surface area contributed by atoms with Crippen molar-refractivity contribution in [1.29, 1.82) is 0 Å². The first kappa shape index (κ1) is 16.3. The molecule has 0 aliphatic carbocycles. The zero-order chi connectivity index (χ0) is 14.9. The molecule has 4 nitrogen and oxygen atoms in total. The van der Waals surface area contributed by atoms with E-state index in [0.717, 1.165) is 36.2 Å². The Hall–Kier alpha value is -1.07. The molecule has 1 aliphatic rings. The normalized spacial score (nSPS) is 17.7. The van der Waals surface area contributed by atoms with Crippen molar-refractivity contribution in [1.82, 2.24) is 10.6 Å². The summed E-state index contributed by atoms with van der Waals surface area (Å²) in [4.78, 5) is 11.7. The number of unbranched alkanes of at least 4 members (excludes halogenated alkanes) is 1. The number of carbonyl (C=O) groups is 1. The molecule has 1 aliphatic heterocycles. The topological polar surface area (TPSA) is 50.4 Å². The summed E-state index contributed by atoms with van der Waals surface area (Å²) in [5.41, 5.74) is 0. The lowest BCUT2D eigenvalue weighted by Gasteiger charge is -2.11. The predicted molar refractivity (Wildman–Crippen MR) is 87.5 cm³/mol. The highest BCUT2D eigenvalue weighted by Gasteiger charge is 2.14. The summed E-state index contributed by atoms with van der Waals surface area (Å²) in [5, 5.41) is 6.36. The van der Waals surface area contributed by atoms with Gasteiger partial charge in [-0.3, -0.25) is 4.79 Å². The number of amides is 1. The minimum atomic E-state index is 0.146. The van der Waals surface area contributed by atoms with Crippen LogP contribution in [0.25, 0.3) is 0 Å². The van der Waals surface area contributed by atoms with Gasteiger partial charge in [0.2, 0.25) is 5.91 Å². The molecule has 2 rings (SSSR count). The van der Waals surface area contributed by atoms with E-state index in [1.165, 1.54) is 12.8 Å². The summed E-state index contributed by atoms with van der Waals surface area (Å²) in [7, 11) is 0. The standard InChI is InChI=1S/C16H23BrN2O2/c17-13-6-8-15(9-7-13)21-11-2-1-5-16(20)19-12-14-4-3-10-18-14/h6-9,14,18H,1-5,10-12H2,(H,19,20). The molecule has 1 amide bonds. The summed E-state index contributed by atoms with van der Waals surface area (Å²) in [6.45, 7) is 2.49. The van der Waals surface area contributed by atoms with E-state index in [0.29, 0.717) is 19.1 Å². The van der Waals surface area contributed by atoms with Gasteiger partial charge >= 0.3 is 0 Å². The minimum absolute atomic E-state index is 0.146. The fourth-order valence-corrected chi connectivity index (χ4v) is 2.63. The van der Waals surface area contributed by atoms with Crippen molar-refractivity contribution in [3.63, 3.8) is 0 Å². The van der Waals surface area contributed by atoms with Crippen molar-refractivity contribution in [2.24, 2.45) is 0 Å². The van der Waals surface area contributed by atoms with Crippen LogP contribution in [0, 0.1) is 0 Å². The summed E-state index contributed by atoms with van der Waals surface area (Å²) in [5.74, 6) is 1.02. The Bertz CT molecular complexity index is 430. The second-order valence-corrected chi connectivity index (χ2v) is 6.27. The van der Waals surface area contributed by atoms with Crippen LogP contribution in [0.5, 0.6) is 5.75 Å². The van der Waals surface area contributed by atoms with Gasteiger partial charge in [-0.05, 0) is 56.5 Å². The molecule has 1 fully saturated rings. The van der Waals surface area contributed by atoms with Crippen molar-refractivity contribution in [3.05, 3.63) is 28.7 Å². The highest BCUT2D eigenvalue weighted by atomic mass is 79.9. The van der Waals surface area contributed by atoms with Gasteiger partial charge in [-0.1, -0.05) is 15.9 Å². The molecular formula is C16H23BrN2O2. The van der Waals surface area contributed by atoms with Crippen LogP contribution < -0.4 is 15.4 Å². The van der Waals surface area contributed by atoms with Crippen molar-refractivity contribution < 1.29 is 9.53 Å². The number of hydrogen-bond donors (Lipinski definition) is 2. The molecule has 2 N–H and O–H groups in total. The first-order valence-electron chi connectivity index (χ1n) is 7.62. The first-order chi connectivity index (χ1) is 10.2. The third-order valence-electron chi connectivity index (χ3n) is 3.59. The third kappa shape index (κ3) is 6.48. The van der Waals surface area contributed by atoms with Crippen LogP contribution in [0.2, 0.25) is 0 Å². The van der Waals surface area contributed by atoms with Crippen LogP contribution >= 0.6 is 15.9 Å². The Morgan fingerprint density at radius 1 is 1.33 bits per heavy atom. The lowest BCUT2D eigenvalue weighted by molar-refractivity contribution is -0.121. The van der Waals surface area contributed by atoms with Crippen LogP contribution in [-0.2, 0) is 4.79 Å². The molecule has 1 unspecified atom stereocenters. The van der Waals surface area contributed by atoms with Gasteiger partial charge in [0, 0.05) is 23.5 Å². The Kier molecular flexibility index (Phi) is 7.03. The van der Waals surface area contributed by atoms with E-state index in [-0.39, 0.29) is 5.91 Å². The molecule has 1 saturated heterocycles. The highest BCUT2D eigenvalue weighted by molar-refractivity contribution is 9.10. The van der Waals surface area contributed by atoms with E-state index < -0.39 is 0 Å². The van der Waals surface area contributed by atoms with E-state index in [9.17, 15) is 4.79 Å². The Morgan fingerprint density at radius 3 is 2.86 bits per heavy atom. The molecule has 0 spiro atoms. The summed E-state index contributed by atoms with van der Waals surface area (Å²) < 4.78 is 6.67. The van der Waals surface area contributed by atoms with Crippen molar-refractivity contribution >= 4 is 21.8 Å². The Labute approximate surface area is 134 Å². The van der Waals surface area contributed by atoms with E-state index in [1.54, 1.807) is 0 Å². The number of halogens is 1. The second-order valence-electron chi connectivity index (χ2n) is 5.36. The predicted octanol–water partition coefficient (Wildman–Crippen LogP) is 2.87. The van der Waals surface area contributed by atoms with Gasteiger partial charge in [-0.25, -0.2) is 0 Å². The first-order valence-corrected chi connectivity index (χ1v) is 8.42. The average Bonchev–Trinajstić information content (AvgIpc) is 3.00. The fourth-order valence-electron chi connectivity index (χ4n) is 2.36. The molecule has 1 aromatic rings. The number of benzene rings is 1. The zero-order valence-corrected chi connectivity index (χ0v) is 13.8. The lowest BCUT2D eigenvalue weighted by Crippen LogP contribution is -2.37. The van der Waals surface area contributed by atoms with E-state index in [4.69, 9.17) is 4.74 Å². The molecular weight excluding hydrogens is 332 g/mol. The Balaban J connectivity index is 1.48.